The average Bonchev–Trinajstić information content (AvgIpc) is 2.32. The number of hydrogen-bond acceptors (Lipinski definition) is 0. The van der Waals surface area contributed by atoms with Crippen molar-refractivity contribution in [2.24, 2.45) is 0 Å². The molecule has 16 heavy (non-hydrogen) atoms. The Morgan fingerprint density at radius 1 is 1.19 bits per heavy atom. The monoisotopic (exact) mass is 250 g/mol. The van der Waals surface area contributed by atoms with E-state index >= 15 is 0 Å². The van der Waals surface area contributed by atoms with Crippen molar-refractivity contribution in [2.45, 2.75) is 37.8 Å². The van der Waals surface area contributed by atoms with Gasteiger partial charge in [-0.15, -0.1) is 5.70 Å². The fourth-order valence-electron chi connectivity index (χ4n) is 2.65. The highest BCUT2D eigenvalue weighted by Gasteiger charge is 2.21. The first-order valence-corrected chi connectivity index (χ1v) is 8.85. The van der Waals surface area contributed by atoms with Crippen LogP contribution in [0.2, 0.25) is 17.1 Å². The van der Waals surface area contributed by atoms with E-state index in [1.54, 1.807) is 0 Å². The van der Waals surface area contributed by atoms with Crippen LogP contribution in [0.5, 0.6) is 0 Å². The molecule has 2 heteroatoms. The summed E-state index contributed by atoms with van der Waals surface area (Å²) in [4.78, 5) is 0. The van der Waals surface area contributed by atoms with Crippen molar-refractivity contribution in [1.29, 1.82) is 0 Å². The number of halogens is 1. The number of hydrogen-bond donors (Lipinski definition) is 0. The lowest BCUT2D eigenvalue weighted by atomic mass is 9.94. The van der Waals surface area contributed by atoms with Crippen molar-refractivity contribution < 1.29 is 0 Å². The Kier molecular flexibility index (Phi) is 4.25. The zero-order chi connectivity index (χ0) is 11.4. The molecule has 0 radical (unpaired) electrons. The van der Waals surface area contributed by atoms with E-state index in [2.05, 4.69) is 30.8 Å². The van der Waals surface area contributed by atoms with E-state index in [-0.39, 0.29) is 0 Å². The molecule has 0 amide bonds. The van der Waals surface area contributed by atoms with Gasteiger partial charge in [0.25, 0.3) is 0 Å². The van der Waals surface area contributed by atoms with Gasteiger partial charge in [-0.1, -0.05) is 41.9 Å². The second-order valence-corrected chi connectivity index (χ2v) is 8.19. The largest absolute Gasteiger partial charge is 0.102 e. The van der Waals surface area contributed by atoms with Gasteiger partial charge in [0.15, 0.2) is 0 Å². The van der Waals surface area contributed by atoms with Crippen LogP contribution in [0.3, 0.4) is 0 Å². The van der Waals surface area contributed by atoms with Crippen molar-refractivity contribution in [3.8, 4) is 0 Å². The van der Waals surface area contributed by atoms with E-state index < -0.39 is 8.80 Å². The molecule has 1 aromatic carbocycles. The minimum atomic E-state index is -0.505. The molecule has 86 valence electrons. The van der Waals surface area contributed by atoms with Crippen molar-refractivity contribution in [1.82, 2.24) is 0 Å². The van der Waals surface area contributed by atoms with Crippen molar-refractivity contribution in [3.63, 3.8) is 0 Å². The van der Waals surface area contributed by atoms with E-state index in [0.29, 0.717) is 0 Å². The van der Waals surface area contributed by atoms with E-state index in [4.69, 9.17) is 11.6 Å². The van der Waals surface area contributed by atoms with E-state index in [0.717, 1.165) is 10.9 Å². The van der Waals surface area contributed by atoms with Crippen LogP contribution in [0.25, 0.3) is 0 Å². The molecular weight excluding hydrogens is 232 g/mol. The Morgan fingerprint density at radius 3 is 2.38 bits per heavy atom. The summed E-state index contributed by atoms with van der Waals surface area (Å²) in [6, 6.07) is 11.4. The quantitative estimate of drug-likeness (QED) is 0.675. The third-order valence-corrected chi connectivity index (χ3v) is 6.91. The first-order chi connectivity index (χ1) is 7.79. The van der Waals surface area contributed by atoms with Crippen LogP contribution in [0.15, 0.2) is 36.0 Å². The van der Waals surface area contributed by atoms with Gasteiger partial charge in [0.05, 0.1) is 8.80 Å². The number of rotatable bonds is 2. The smallest absolute Gasteiger partial charge is 0.0611 e. The van der Waals surface area contributed by atoms with Crippen LogP contribution >= 0.6 is 11.6 Å². The summed E-state index contributed by atoms with van der Waals surface area (Å²) in [6.07, 6.45) is 5.01. The maximum Gasteiger partial charge on any atom is 0.0611 e. The maximum atomic E-state index is 5.91. The Morgan fingerprint density at radius 2 is 1.81 bits per heavy atom. The normalized spacial score (nSPS) is 26.1. The number of allylic oxidation sites excluding steroid dienone is 1. The summed E-state index contributed by atoms with van der Waals surface area (Å²) in [6.45, 7) is 2.15. The zero-order valence-electron chi connectivity index (χ0n) is 9.83. The summed E-state index contributed by atoms with van der Waals surface area (Å²) in [5.41, 5.74) is 3.98. The average molecular weight is 251 g/mol. The zero-order valence-corrected chi connectivity index (χ0v) is 11.7. The third-order valence-electron chi connectivity index (χ3n) is 3.58. The lowest BCUT2D eigenvalue weighted by Crippen LogP contribution is -2.18. The SMILES string of the molecule is CC=C[Si@H]1CC[C@H](c2ccc(Cl)cc2)CC1. The Balaban J connectivity index is 1.96. The molecule has 1 fully saturated rings. The third kappa shape index (κ3) is 2.99. The summed E-state index contributed by atoms with van der Waals surface area (Å²) in [5.74, 6) is 0.784. The predicted octanol–water partition coefficient (Wildman–Crippen LogP) is 4.56. The van der Waals surface area contributed by atoms with Gasteiger partial charge in [0.2, 0.25) is 0 Å². The highest BCUT2D eigenvalue weighted by molar-refractivity contribution is 6.64. The molecule has 0 bridgehead atoms. The topological polar surface area (TPSA) is 0 Å². The lowest BCUT2D eigenvalue weighted by Gasteiger charge is -2.26. The number of benzene rings is 1. The molecule has 1 heterocycles. The van der Waals surface area contributed by atoms with Gasteiger partial charge in [-0.25, -0.2) is 0 Å². The maximum absolute atomic E-state index is 5.91. The molecule has 1 aliphatic rings. The van der Waals surface area contributed by atoms with E-state index in [1.165, 1.54) is 30.5 Å². The molecule has 0 saturated carbocycles. The van der Waals surface area contributed by atoms with Gasteiger partial charge >= 0.3 is 0 Å². The molecule has 0 unspecified atom stereocenters. The molecule has 0 atom stereocenters. The lowest BCUT2D eigenvalue weighted by molar-refractivity contribution is 0.611. The van der Waals surface area contributed by atoms with Crippen molar-refractivity contribution in [2.75, 3.05) is 0 Å². The van der Waals surface area contributed by atoms with Gasteiger partial charge in [-0.05, 0) is 43.4 Å². The molecule has 0 aliphatic carbocycles. The summed E-state index contributed by atoms with van der Waals surface area (Å²) in [7, 11) is -0.505. The standard InChI is InChI=1S/C14H19ClSi/c1-2-9-16-10-7-13(8-11-16)12-3-5-14(15)6-4-12/h2-6,9,13,16H,7-8,10-11H2,1H3/t13-,16-. The fraction of sp³-hybridized carbons (Fsp3) is 0.429. The van der Waals surface area contributed by atoms with Crippen LogP contribution < -0.4 is 0 Å². The summed E-state index contributed by atoms with van der Waals surface area (Å²) < 4.78 is 0. The fourth-order valence-corrected chi connectivity index (χ4v) is 5.66. The predicted molar refractivity (Wildman–Crippen MR) is 75.0 cm³/mol. The second-order valence-electron chi connectivity index (χ2n) is 4.69. The Hall–Kier alpha value is -0.533. The second kappa shape index (κ2) is 5.69. The van der Waals surface area contributed by atoms with Crippen LogP contribution in [0, 0.1) is 0 Å². The Labute approximate surface area is 105 Å². The molecule has 0 aromatic heterocycles. The highest BCUT2D eigenvalue weighted by atomic mass is 35.5. The highest BCUT2D eigenvalue weighted by Crippen LogP contribution is 2.34. The first kappa shape index (κ1) is 11.9. The minimum Gasteiger partial charge on any atom is -0.102 e. The van der Waals surface area contributed by atoms with Gasteiger partial charge in [0.1, 0.15) is 0 Å². The van der Waals surface area contributed by atoms with Gasteiger partial charge in [-0.2, -0.15) is 0 Å². The van der Waals surface area contributed by atoms with Gasteiger partial charge < -0.3 is 0 Å². The van der Waals surface area contributed by atoms with Crippen LogP contribution in [-0.4, -0.2) is 8.80 Å². The molecule has 2 rings (SSSR count). The van der Waals surface area contributed by atoms with Crippen LogP contribution in [-0.2, 0) is 0 Å². The molecule has 0 N–H and O–H groups in total. The minimum absolute atomic E-state index is 0.505. The van der Waals surface area contributed by atoms with Crippen molar-refractivity contribution >= 4 is 20.4 Å². The molecule has 0 nitrogen and oxygen atoms in total. The summed E-state index contributed by atoms with van der Waals surface area (Å²) >= 11 is 5.91. The van der Waals surface area contributed by atoms with Gasteiger partial charge in [0, 0.05) is 5.02 Å². The summed E-state index contributed by atoms with van der Waals surface area (Å²) in [5, 5.41) is 0.848. The molecule has 1 aliphatic heterocycles. The van der Waals surface area contributed by atoms with E-state index in [1.807, 2.05) is 12.1 Å². The van der Waals surface area contributed by atoms with E-state index in [9.17, 15) is 0 Å². The van der Waals surface area contributed by atoms with Crippen molar-refractivity contribution in [3.05, 3.63) is 46.6 Å². The van der Waals surface area contributed by atoms with Gasteiger partial charge in [-0.3, -0.25) is 0 Å². The van der Waals surface area contributed by atoms with Crippen LogP contribution in [0.1, 0.15) is 31.2 Å². The Bertz CT molecular complexity index is 348. The molecule has 1 aromatic rings. The molecule has 0 spiro atoms. The first-order valence-electron chi connectivity index (χ1n) is 6.18. The molecule has 1 saturated heterocycles. The van der Waals surface area contributed by atoms with Crippen LogP contribution in [0.4, 0.5) is 0 Å². The molecular formula is C14H19ClSi.